The minimum absolute atomic E-state index is 0.0745. The maximum Gasteiger partial charge on any atom is 0.243 e. The Morgan fingerprint density at radius 3 is 2.57 bits per heavy atom. The Balaban J connectivity index is 1.23. The molecule has 2 saturated heterocycles. The number of hydrogen-bond acceptors (Lipinski definition) is 9. The van der Waals surface area contributed by atoms with Crippen molar-refractivity contribution in [3.63, 3.8) is 0 Å². The number of fused-ring (bicyclic) bond motifs is 1. The van der Waals surface area contributed by atoms with Crippen LogP contribution >= 0.6 is 0 Å². The van der Waals surface area contributed by atoms with Gasteiger partial charge in [0, 0.05) is 37.8 Å². The molecule has 11 nitrogen and oxygen atoms in total. The monoisotopic (exact) mass is 633 g/mol. The van der Waals surface area contributed by atoms with Gasteiger partial charge in [0.2, 0.25) is 11.9 Å². The molecule has 11 heteroatoms. The first-order valence-electron chi connectivity index (χ1n) is 17.7. The van der Waals surface area contributed by atoms with E-state index in [1.165, 1.54) is 19.3 Å². The summed E-state index contributed by atoms with van der Waals surface area (Å²) in [7, 11) is 0. The van der Waals surface area contributed by atoms with Crippen molar-refractivity contribution in [2.45, 2.75) is 134 Å². The lowest BCUT2D eigenvalue weighted by Crippen LogP contribution is -2.33. The second-order valence-corrected chi connectivity index (χ2v) is 13.0. The highest BCUT2D eigenvalue weighted by molar-refractivity contribution is 5.85. The molecule has 1 aliphatic carbocycles. The maximum absolute atomic E-state index is 12.8. The lowest BCUT2D eigenvalue weighted by Gasteiger charge is -2.25. The van der Waals surface area contributed by atoms with Crippen LogP contribution in [0, 0.1) is 0 Å². The third-order valence-corrected chi connectivity index (χ3v) is 9.55. The van der Waals surface area contributed by atoms with Gasteiger partial charge in [0.05, 0.1) is 6.33 Å². The van der Waals surface area contributed by atoms with Crippen molar-refractivity contribution >= 4 is 34.5 Å². The van der Waals surface area contributed by atoms with Crippen LogP contribution in [-0.2, 0) is 19.1 Å². The fraction of sp³-hybridized carbons (Fsp3) is 0.657. The van der Waals surface area contributed by atoms with E-state index in [9.17, 15) is 4.79 Å². The molecule has 1 aromatic carbocycles. The largest absolute Gasteiger partial charge is 0.365 e. The highest BCUT2D eigenvalue weighted by Crippen LogP contribution is 2.35. The van der Waals surface area contributed by atoms with E-state index in [-0.39, 0.29) is 24.3 Å². The minimum atomic E-state index is -0.352. The lowest BCUT2D eigenvalue weighted by molar-refractivity contribution is -0.200. The van der Waals surface area contributed by atoms with Crippen molar-refractivity contribution in [3.05, 3.63) is 36.2 Å². The molecule has 3 unspecified atom stereocenters. The summed E-state index contributed by atoms with van der Waals surface area (Å²) in [6, 6.07) is 8.72. The number of amides is 1. The lowest BCUT2D eigenvalue weighted by atomic mass is 9.88. The second-order valence-electron chi connectivity index (χ2n) is 13.0. The van der Waals surface area contributed by atoms with E-state index in [1.54, 1.807) is 0 Å². The standard InChI is InChI=1S/C35H51N7O4/c1-2-3-13-25(20-21-29(43)41-46-31-19-10-12-23-45-31)27-16-7-8-17-28(27)38-35-39-33(37-26-14-5-4-6-15-26)32-34(40-35)42(24-36-32)30-18-9-11-22-44-30/h7-8,16-17,24-26,30-31H,2-6,9-15,18-23H2,1H3,(H,41,43)(H2,37,38,39,40). The number of hydrogen-bond donors (Lipinski definition) is 3. The molecule has 1 amide bonds. The summed E-state index contributed by atoms with van der Waals surface area (Å²) in [6.07, 6.45) is 17.7. The van der Waals surface area contributed by atoms with Crippen molar-refractivity contribution in [1.82, 2.24) is 25.0 Å². The Bertz CT molecular complexity index is 1400. The second kappa shape index (κ2) is 16.5. The van der Waals surface area contributed by atoms with Gasteiger partial charge in [-0.15, -0.1) is 0 Å². The molecule has 3 N–H and O–H groups in total. The molecular formula is C35H51N7O4. The molecule has 1 saturated carbocycles. The first kappa shape index (κ1) is 32.7. The number of aromatic nitrogens is 4. The Morgan fingerprint density at radius 2 is 1.78 bits per heavy atom. The summed E-state index contributed by atoms with van der Waals surface area (Å²) in [5.41, 5.74) is 6.31. The number of benzene rings is 1. The van der Waals surface area contributed by atoms with Gasteiger partial charge in [-0.2, -0.15) is 9.97 Å². The summed E-state index contributed by atoms with van der Waals surface area (Å²) >= 11 is 0. The fourth-order valence-corrected chi connectivity index (χ4v) is 6.95. The van der Waals surface area contributed by atoms with Gasteiger partial charge in [0.25, 0.3) is 0 Å². The van der Waals surface area contributed by atoms with E-state index >= 15 is 0 Å². The van der Waals surface area contributed by atoms with Gasteiger partial charge in [0.15, 0.2) is 23.3 Å². The topological polar surface area (TPSA) is 124 Å². The Kier molecular flexibility index (Phi) is 11.7. The number of nitrogens with zero attached hydrogens (tertiary/aromatic N) is 4. The highest BCUT2D eigenvalue weighted by atomic mass is 16.8. The van der Waals surface area contributed by atoms with Crippen LogP contribution in [-0.4, -0.2) is 51.0 Å². The van der Waals surface area contributed by atoms with Gasteiger partial charge < -0.3 is 20.1 Å². The van der Waals surface area contributed by atoms with Crippen LogP contribution in [0.3, 0.4) is 0 Å². The van der Waals surface area contributed by atoms with Crippen LogP contribution in [0.4, 0.5) is 17.5 Å². The molecule has 0 bridgehead atoms. The van der Waals surface area contributed by atoms with E-state index in [4.69, 9.17) is 29.3 Å². The highest BCUT2D eigenvalue weighted by Gasteiger charge is 2.24. The number of ether oxygens (including phenoxy) is 2. The maximum atomic E-state index is 12.8. The van der Waals surface area contributed by atoms with Gasteiger partial charge in [-0.3, -0.25) is 9.36 Å². The molecule has 6 rings (SSSR count). The van der Waals surface area contributed by atoms with Gasteiger partial charge >= 0.3 is 0 Å². The predicted octanol–water partition coefficient (Wildman–Crippen LogP) is 7.64. The fourth-order valence-electron chi connectivity index (χ4n) is 6.95. The number of para-hydroxylation sites is 1. The van der Waals surface area contributed by atoms with Crippen LogP contribution in [0.1, 0.15) is 127 Å². The average Bonchev–Trinajstić information content (AvgIpc) is 3.53. The van der Waals surface area contributed by atoms with E-state index < -0.39 is 0 Å². The number of nitrogens with one attached hydrogen (secondary N) is 3. The van der Waals surface area contributed by atoms with Crippen LogP contribution in [0.15, 0.2) is 30.6 Å². The van der Waals surface area contributed by atoms with E-state index in [2.05, 4.69) is 45.8 Å². The quantitative estimate of drug-likeness (QED) is 0.154. The summed E-state index contributed by atoms with van der Waals surface area (Å²) in [5.74, 6) is 1.37. The normalized spacial score (nSPS) is 21.6. The minimum Gasteiger partial charge on any atom is -0.365 e. The summed E-state index contributed by atoms with van der Waals surface area (Å²) < 4.78 is 13.8. The molecular weight excluding hydrogens is 582 g/mol. The molecule has 0 radical (unpaired) electrons. The predicted molar refractivity (Wildman–Crippen MR) is 179 cm³/mol. The molecule has 3 aliphatic rings. The molecule has 250 valence electrons. The molecule has 2 aliphatic heterocycles. The molecule has 4 heterocycles. The number of rotatable bonds is 14. The SMILES string of the molecule is CCCCC(CCC(=O)NOC1CCCCO1)c1ccccc1Nc1nc(NC2CCCCC2)c2ncn(C3CCCCO3)c2n1. The zero-order chi connectivity index (χ0) is 31.6. The zero-order valence-electron chi connectivity index (χ0n) is 27.3. The molecule has 3 fully saturated rings. The Morgan fingerprint density at radius 1 is 0.978 bits per heavy atom. The van der Waals surface area contributed by atoms with Gasteiger partial charge in [-0.25, -0.2) is 15.3 Å². The molecule has 2 aromatic heterocycles. The summed E-state index contributed by atoms with van der Waals surface area (Å²) in [5, 5.41) is 7.32. The number of hydroxylamine groups is 1. The third-order valence-electron chi connectivity index (χ3n) is 9.55. The van der Waals surface area contributed by atoms with Crippen molar-refractivity contribution in [2.24, 2.45) is 0 Å². The molecule has 3 atom stereocenters. The van der Waals surface area contributed by atoms with Crippen LogP contribution < -0.4 is 16.1 Å². The van der Waals surface area contributed by atoms with Crippen molar-refractivity contribution in [2.75, 3.05) is 23.8 Å². The number of unbranched alkanes of at least 4 members (excludes halogenated alkanes) is 1. The molecule has 46 heavy (non-hydrogen) atoms. The molecule has 3 aromatic rings. The first-order chi connectivity index (χ1) is 22.7. The number of imidazole rings is 1. The van der Waals surface area contributed by atoms with Crippen LogP contribution in [0.5, 0.6) is 0 Å². The number of carbonyl (C=O) groups is 1. The summed E-state index contributed by atoms with van der Waals surface area (Å²) in [6.45, 7) is 3.63. The van der Waals surface area contributed by atoms with Crippen molar-refractivity contribution in [1.29, 1.82) is 0 Å². The van der Waals surface area contributed by atoms with Gasteiger partial charge in [0.1, 0.15) is 6.23 Å². The van der Waals surface area contributed by atoms with E-state index in [1.807, 2.05) is 12.4 Å². The Hall–Kier alpha value is -3.28. The van der Waals surface area contributed by atoms with Gasteiger partial charge in [-0.05, 0) is 75.3 Å². The van der Waals surface area contributed by atoms with Gasteiger partial charge in [-0.1, -0.05) is 57.2 Å². The van der Waals surface area contributed by atoms with Crippen molar-refractivity contribution < 1.29 is 19.1 Å². The van der Waals surface area contributed by atoms with Crippen LogP contribution in [0.25, 0.3) is 11.2 Å². The molecule has 0 spiro atoms. The number of anilines is 3. The number of carbonyl (C=O) groups excluding carboxylic acids is 1. The smallest absolute Gasteiger partial charge is 0.243 e. The van der Waals surface area contributed by atoms with Crippen LogP contribution in [0.2, 0.25) is 0 Å². The Labute approximate surface area is 272 Å². The average molecular weight is 634 g/mol. The third kappa shape index (κ3) is 8.54. The first-order valence-corrected chi connectivity index (χ1v) is 17.7. The summed E-state index contributed by atoms with van der Waals surface area (Å²) in [4.78, 5) is 33.1. The van der Waals surface area contributed by atoms with Crippen molar-refractivity contribution in [3.8, 4) is 0 Å². The van der Waals surface area contributed by atoms with E-state index in [0.29, 0.717) is 31.4 Å². The zero-order valence-corrected chi connectivity index (χ0v) is 27.3. The van der Waals surface area contributed by atoms with E-state index in [0.717, 1.165) is 105 Å².